The minimum Gasteiger partial charge on any atom is -0.469 e. The molecule has 1 saturated carbocycles. The summed E-state index contributed by atoms with van der Waals surface area (Å²) in [4.78, 5) is 43.6. The second kappa shape index (κ2) is 11.4. The average molecular weight is 468 g/mol. The Morgan fingerprint density at radius 2 is 1.79 bits per heavy atom. The first-order chi connectivity index (χ1) is 16.2. The van der Waals surface area contributed by atoms with Gasteiger partial charge in [-0.1, -0.05) is 70.4 Å². The Morgan fingerprint density at radius 1 is 1.12 bits per heavy atom. The molecule has 2 atom stereocenters. The van der Waals surface area contributed by atoms with Gasteiger partial charge in [-0.2, -0.15) is 0 Å². The molecule has 184 valence electrons. The molecule has 7 heteroatoms. The molecule has 1 amide bonds. The maximum atomic E-state index is 13.6. The quantitative estimate of drug-likeness (QED) is 0.552. The lowest BCUT2D eigenvalue weighted by Crippen LogP contribution is -2.48. The van der Waals surface area contributed by atoms with Gasteiger partial charge in [0.25, 0.3) is 5.91 Å². The minimum absolute atomic E-state index is 0.0378. The van der Waals surface area contributed by atoms with Crippen molar-refractivity contribution in [2.24, 2.45) is 17.3 Å². The maximum Gasteiger partial charge on any atom is 0.309 e. The Labute approximate surface area is 202 Å². The molecular weight excluding hydrogens is 430 g/mol. The van der Waals surface area contributed by atoms with Crippen LogP contribution in [0.3, 0.4) is 0 Å². The second-order valence-electron chi connectivity index (χ2n) is 10.3. The lowest BCUT2D eigenvalue weighted by Gasteiger charge is -2.33. The van der Waals surface area contributed by atoms with Gasteiger partial charge in [0, 0.05) is 25.4 Å². The highest BCUT2D eigenvalue weighted by Crippen LogP contribution is 2.33. The van der Waals surface area contributed by atoms with Crippen molar-refractivity contribution in [1.29, 1.82) is 0 Å². The van der Waals surface area contributed by atoms with Crippen LogP contribution in [-0.2, 0) is 20.9 Å². The molecule has 2 aromatic rings. The molecule has 0 radical (unpaired) electrons. The molecule has 0 bridgehead atoms. The Morgan fingerprint density at radius 3 is 2.41 bits per heavy atom. The monoisotopic (exact) mass is 467 g/mol. The van der Waals surface area contributed by atoms with Crippen LogP contribution >= 0.6 is 0 Å². The van der Waals surface area contributed by atoms with Crippen LogP contribution in [0, 0.1) is 17.3 Å². The number of esters is 1. The van der Waals surface area contributed by atoms with Crippen LogP contribution in [0.4, 0.5) is 0 Å². The lowest BCUT2D eigenvalue weighted by atomic mass is 9.74. The molecule has 1 N–H and O–H groups in total. The molecule has 7 nitrogen and oxygen atoms in total. The van der Waals surface area contributed by atoms with E-state index >= 15 is 0 Å². The lowest BCUT2D eigenvalue weighted by molar-refractivity contribution is -0.151. The summed E-state index contributed by atoms with van der Waals surface area (Å²) in [7, 11) is 1.35. The molecule has 0 spiro atoms. The second-order valence-corrected chi connectivity index (χ2v) is 10.3. The standard InChI is InChI=1S/C27H37N3O4/c1-27(2,3)21(26(33)34-4)17-22(31)23(20-13-9-6-10-14-20)29-25(32)24-28-15-16-30(24)18-19-11-7-5-8-12-19/h5,7-8,11-12,15-16,20-21,23H,6,9-10,13-14,17-18H2,1-4H3,(H,29,32)/t21-,23+/m1/s1. The van der Waals surface area contributed by atoms with Crippen LogP contribution in [0.25, 0.3) is 0 Å². The number of benzene rings is 1. The fourth-order valence-corrected chi connectivity index (χ4v) is 4.77. The van der Waals surface area contributed by atoms with E-state index in [0.717, 1.165) is 37.7 Å². The van der Waals surface area contributed by atoms with E-state index in [1.54, 1.807) is 17.0 Å². The van der Waals surface area contributed by atoms with Crippen molar-refractivity contribution in [2.75, 3.05) is 7.11 Å². The van der Waals surface area contributed by atoms with E-state index in [1.807, 2.05) is 51.1 Å². The summed E-state index contributed by atoms with van der Waals surface area (Å²) in [6.07, 6.45) is 8.38. The number of imidazole rings is 1. The summed E-state index contributed by atoms with van der Waals surface area (Å²) in [5, 5.41) is 3.00. The Kier molecular flexibility index (Phi) is 8.64. The van der Waals surface area contributed by atoms with Gasteiger partial charge in [-0.05, 0) is 29.7 Å². The maximum absolute atomic E-state index is 13.6. The van der Waals surface area contributed by atoms with Crippen LogP contribution in [0.5, 0.6) is 0 Å². The number of methoxy groups -OCH3 is 1. The largest absolute Gasteiger partial charge is 0.469 e. The zero-order chi connectivity index (χ0) is 24.7. The average Bonchev–Trinajstić information content (AvgIpc) is 3.29. The van der Waals surface area contributed by atoms with Gasteiger partial charge in [-0.15, -0.1) is 0 Å². The number of carbonyl (C=O) groups excluding carboxylic acids is 3. The van der Waals surface area contributed by atoms with Gasteiger partial charge in [0.1, 0.15) is 0 Å². The molecule has 34 heavy (non-hydrogen) atoms. The number of rotatable bonds is 9. The highest BCUT2D eigenvalue weighted by molar-refractivity contribution is 5.96. The first-order valence-electron chi connectivity index (χ1n) is 12.2. The van der Waals surface area contributed by atoms with Crippen molar-refractivity contribution in [3.63, 3.8) is 0 Å². The third-order valence-electron chi connectivity index (χ3n) is 6.81. The van der Waals surface area contributed by atoms with Gasteiger partial charge < -0.3 is 14.6 Å². The van der Waals surface area contributed by atoms with E-state index in [9.17, 15) is 14.4 Å². The van der Waals surface area contributed by atoms with Crippen LogP contribution in [0.15, 0.2) is 42.7 Å². The van der Waals surface area contributed by atoms with Crippen molar-refractivity contribution < 1.29 is 19.1 Å². The molecule has 0 aliphatic heterocycles. The number of nitrogens with zero attached hydrogens (tertiary/aromatic N) is 2. The van der Waals surface area contributed by atoms with Crippen LogP contribution in [0.2, 0.25) is 0 Å². The number of nitrogens with one attached hydrogen (secondary N) is 1. The predicted octanol–water partition coefficient (Wildman–Crippen LogP) is 4.40. The highest BCUT2D eigenvalue weighted by atomic mass is 16.5. The third-order valence-corrected chi connectivity index (χ3v) is 6.81. The molecule has 3 rings (SSSR count). The summed E-state index contributed by atoms with van der Waals surface area (Å²) in [6, 6.07) is 9.20. The van der Waals surface area contributed by atoms with Crippen molar-refractivity contribution in [3.8, 4) is 0 Å². The van der Waals surface area contributed by atoms with E-state index in [0.29, 0.717) is 6.54 Å². The molecule has 1 aromatic heterocycles. The summed E-state index contributed by atoms with van der Waals surface area (Å²) < 4.78 is 6.78. The molecule has 1 aliphatic carbocycles. The van der Waals surface area contributed by atoms with E-state index < -0.39 is 23.3 Å². The smallest absolute Gasteiger partial charge is 0.309 e. The van der Waals surface area contributed by atoms with Crippen LogP contribution in [-0.4, -0.2) is 40.4 Å². The first-order valence-corrected chi connectivity index (χ1v) is 12.2. The van der Waals surface area contributed by atoms with Crippen molar-refractivity contribution >= 4 is 17.7 Å². The fraction of sp³-hybridized carbons (Fsp3) is 0.556. The number of ether oxygens (including phenoxy) is 1. The molecule has 1 heterocycles. The number of aromatic nitrogens is 2. The topological polar surface area (TPSA) is 90.3 Å². The van der Waals surface area contributed by atoms with E-state index in [2.05, 4.69) is 10.3 Å². The van der Waals surface area contributed by atoms with E-state index in [-0.39, 0.29) is 29.9 Å². The summed E-state index contributed by atoms with van der Waals surface area (Å²) in [5.74, 6) is -1.12. The molecule has 1 fully saturated rings. The fourth-order valence-electron chi connectivity index (χ4n) is 4.77. The molecular formula is C27H37N3O4. The molecule has 0 unspecified atom stereocenters. The number of hydrogen-bond acceptors (Lipinski definition) is 5. The van der Waals surface area contributed by atoms with Gasteiger partial charge in [-0.3, -0.25) is 14.4 Å². The molecule has 1 aromatic carbocycles. The van der Waals surface area contributed by atoms with Gasteiger partial charge >= 0.3 is 5.97 Å². The van der Waals surface area contributed by atoms with Gasteiger partial charge in [0.05, 0.1) is 19.1 Å². The molecule has 0 saturated heterocycles. The Bertz CT molecular complexity index is 971. The van der Waals surface area contributed by atoms with E-state index in [1.165, 1.54) is 7.11 Å². The highest BCUT2D eigenvalue weighted by Gasteiger charge is 2.39. The minimum atomic E-state index is -0.649. The van der Waals surface area contributed by atoms with E-state index in [4.69, 9.17) is 4.74 Å². The Balaban J connectivity index is 1.80. The van der Waals surface area contributed by atoms with Crippen LogP contribution < -0.4 is 5.32 Å². The zero-order valence-electron chi connectivity index (χ0n) is 20.8. The summed E-state index contributed by atoms with van der Waals surface area (Å²) in [6.45, 7) is 6.30. The summed E-state index contributed by atoms with van der Waals surface area (Å²) in [5.41, 5.74) is 0.621. The third kappa shape index (κ3) is 6.55. The van der Waals surface area contributed by atoms with Gasteiger partial charge in [-0.25, -0.2) is 4.98 Å². The first kappa shape index (κ1) is 25.7. The number of hydrogen-bond donors (Lipinski definition) is 1. The van der Waals surface area contributed by atoms with Crippen LogP contribution in [0.1, 0.15) is 75.5 Å². The number of Topliss-reactive ketones (excluding diaryl/α,β-unsaturated/α-hetero) is 1. The van der Waals surface area contributed by atoms with Gasteiger partial charge in [0.2, 0.25) is 0 Å². The Hall–Kier alpha value is -2.96. The number of carbonyl (C=O) groups is 3. The van der Waals surface area contributed by atoms with Gasteiger partial charge in [0.15, 0.2) is 11.6 Å². The predicted molar refractivity (Wildman–Crippen MR) is 130 cm³/mol. The number of amides is 1. The normalized spacial score (nSPS) is 16.5. The van der Waals surface area contributed by atoms with Crippen molar-refractivity contribution in [1.82, 2.24) is 14.9 Å². The summed E-state index contributed by atoms with van der Waals surface area (Å²) >= 11 is 0. The zero-order valence-corrected chi connectivity index (χ0v) is 20.8. The SMILES string of the molecule is COC(=O)[C@@H](CC(=O)[C@@H](NC(=O)c1nccn1Cc1ccccc1)C1CCCCC1)C(C)(C)C. The van der Waals surface area contributed by atoms with Crippen molar-refractivity contribution in [2.45, 2.75) is 71.9 Å². The number of ketones is 1. The molecule has 1 aliphatic rings. The van der Waals surface area contributed by atoms with Crippen molar-refractivity contribution in [3.05, 3.63) is 54.1 Å².